The van der Waals surface area contributed by atoms with Crippen LogP contribution in [0.3, 0.4) is 0 Å². The molecule has 1 unspecified atom stereocenters. The van der Waals surface area contributed by atoms with Crippen molar-refractivity contribution in [2.24, 2.45) is 0 Å². The van der Waals surface area contributed by atoms with Gasteiger partial charge in [-0.05, 0) is 49.4 Å². The molecule has 1 saturated heterocycles. The number of hydrogen-bond acceptors (Lipinski definition) is 6. The topological polar surface area (TPSA) is 50.7 Å². The maximum absolute atomic E-state index is 6.23. The number of anilines is 2. The first-order valence-electron chi connectivity index (χ1n) is 11.5. The second-order valence-electron chi connectivity index (χ2n) is 8.54. The third kappa shape index (κ3) is 4.49. The van der Waals surface area contributed by atoms with Gasteiger partial charge in [0.15, 0.2) is 11.5 Å². The van der Waals surface area contributed by atoms with Crippen molar-refractivity contribution >= 4 is 11.6 Å². The number of aromatic nitrogens is 2. The van der Waals surface area contributed by atoms with Crippen molar-refractivity contribution in [1.29, 1.82) is 0 Å². The van der Waals surface area contributed by atoms with Crippen molar-refractivity contribution < 1.29 is 9.47 Å². The van der Waals surface area contributed by atoms with Crippen LogP contribution < -0.4 is 19.3 Å². The fourth-order valence-electron chi connectivity index (χ4n) is 4.48. The van der Waals surface area contributed by atoms with Gasteiger partial charge < -0.3 is 19.3 Å². The molecule has 2 aromatic carbocycles. The molecule has 5 rings (SSSR count). The van der Waals surface area contributed by atoms with Crippen LogP contribution in [0, 0.1) is 0 Å². The second-order valence-corrected chi connectivity index (χ2v) is 8.54. The van der Waals surface area contributed by atoms with E-state index < -0.39 is 0 Å². The van der Waals surface area contributed by atoms with Gasteiger partial charge in [-0.2, -0.15) is 0 Å². The Balaban J connectivity index is 1.39. The summed E-state index contributed by atoms with van der Waals surface area (Å²) in [4.78, 5) is 13.9. The van der Waals surface area contributed by atoms with Crippen LogP contribution in [0.25, 0.3) is 0 Å². The van der Waals surface area contributed by atoms with Gasteiger partial charge in [-0.15, -0.1) is 0 Å². The maximum Gasteiger partial charge on any atom is 0.225 e. The molecule has 0 bridgehead atoms. The van der Waals surface area contributed by atoms with Crippen LogP contribution >= 0.6 is 0 Å². The van der Waals surface area contributed by atoms with Gasteiger partial charge in [0.1, 0.15) is 0 Å². The Morgan fingerprint density at radius 2 is 1.75 bits per heavy atom. The first-order chi connectivity index (χ1) is 15.8. The summed E-state index contributed by atoms with van der Waals surface area (Å²) in [5.74, 6) is 2.46. The van der Waals surface area contributed by atoms with Crippen molar-refractivity contribution in [1.82, 2.24) is 9.97 Å². The molecule has 2 aliphatic rings. The van der Waals surface area contributed by atoms with E-state index in [1.165, 1.54) is 17.7 Å². The third-order valence-electron chi connectivity index (χ3n) is 6.46. The van der Waals surface area contributed by atoms with Crippen LogP contribution in [0.2, 0.25) is 0 Å². The van der Waals surface area contributed by atoms with Crippen LogP contribution in [0.5, 0.6) is 11.5 Å². The molecule has 1 aliphatic heterocycles. The molecule has 32 heavy (non-hydrogen) atoms. The largest absolute Gasteiger partial charge is 0.493 e. The highest BCUT2D eigenvalue weighted by Crippen LogP contribution is 2.36. The zero-order chi connectivity index (χ0) is 21.8. The lowest BCUT2D eigenvalue weighted by molar-refractivity contribution is 0.116. The molecule has 1 atom stereocenters. The molecule has 2 fully saturated rings. The van der Waals surface area contributed by atoms with Crippen molar-refractivity contribution in [2.75, 3.05) is 36.5 Å². The van der Waals surface area contributed by atoms with E-state index in [1.54, 1.807) is 7.11 Å². The SMILES string of the molecule is COc1ccc(N2CCN(c3ncccn3)C(Cc3ccccc3)C2)cc1OC1CCC1. The molecule has 0 N–H and O–H groups in total. The summed E-state index contributed by atoms with van der Waals surface area (Å²) in [6.45, 7) is 2.66. The number of hydrogen-bond donors (Lipinski definition) is 0. The molecule has 6 heteroatoms. The number of ether oxygens (including phenoxy) is 2. The first kappa shape index (κ1) is 20.6. The van der Waals surface area contributed by atoms with Crippen LogP contribution in [0.4, 0.5) is 11.6 Å². The minimum atomic E-state index is 0.270. The summed E-state index contributed by atoms with van der Waals surface area (Å²) in [5.41, 5.74) is 2.50. The minimum absolute atomic E-state index is 0.270. The molecular formula is C26H30N4O2. The van der Waals surface area contributed by atoms with Crippen LogP contribution in [0.15, 0.2) is 67.0 Å². The maximum atomic E-state index is 6.23. The minimum Gasteiger partial charge on any atom is -0.493 e. The van der Waals surface area contributed by atoms with Crippen LogP contribution in [-0.2, 0) is 6.42 Å². The summed E-state index contributed by atoms with van der Waals surface area (Å²) in [6, 6.07) is 19.1. The highest BCUT2D eigenvalue weighted by Gasteiger charge is 2.30. The molecule has 0 amide bonds. The quantitative estimate of drug-likeness (QED) is 0.555. The Kier molecular flexibility index (Phi) is 6.10. The predicted molar refractivity (Wildman–Crippen MR) is 127 cm³/mol. The Hall–Kier alpha value is -3.28. The molecular weight excluding hydrogens is 400 g/mol. The first-order valence-corrected chi connectivity index (χ1v) is 11.5. The van der Waals surface area contributed by atoms with Crippen molar-refractivity contribution in [3.8, 4) is 11.5 Å². The highest BCUT2D eigenvalue weighted by atomic mass is 16.5. The van der Waals surface area contributed by atoms with Gasteiger partial charge in [0.05, 0.1) is 19.3 Å². The smallest absolute Gasteiger partial charge is 0.225 e. The second kappa shape index (κ2) is 9.47. The predicted octanol–water partition coefficient (Wildman–Crippen LogP) is 4.35. The van der Waals surface area contributed by atoms with Gasteiger partial charge in [0.25, 0.3) is 0 Å². The van der Waals surface area contributed by atoms with E-state index in [-0.39, 0.29) is 6.04 Å². The normalized spacial score (nSPS) is 18.8. The lowest BCUT2D eigenvalue weighted by Gasteiger charge is -2.42. The Morgan fingerprint density at radius 3 is 2.47 bits per heavy atom. The lowest BCUT2D eigenvalue weighted by Crippen LogP contribution is -2.55. The molecule has 1 aliphatic carbocycles. The van der Waals surface area contributed by atoms with Crippen molar-refractivity contribution in [2.45, 2.75) is 37.8 Å². The van der Waals surface area contributed by atoms with Crippen LogP contribution in [0.1, 0.15) is 24.8 Å². The average Bonchev–Trinajstić information content (AvgIpc) is 2.82. The van der Waals surface area contributed by atoms with Gasteiger partial charge >= 0.3 is 0 Å². The molecule has 6 nitrogen and oxygen atoms in total. The zero-order valence-electron chi connectivity index (χ0n) is 18.6. The van der Waals surface area contributed by atoms with E-state index >= 15 is 0 Å². The molecule has 1 saturated carbocycles. The van der Waals surface area contributed by atoms with E-state index in [1.807, 2.05) is 24.5 Å². The molecule has 0 radical (unpaired) electrons. The standard InChI is InChI=1S/C26H30N4O2/c1-31-24-12-11-21(18-25(24)32-23-9-5-10-23)29-15-16-30(26-27-13-6-14-28-26)22(19-29)17-20-7-3-2-4-8-20/h2-4,6-8,11-14,18,22-23H,5,9-10,15-17,19H2,1H3. The van der Waals surface area contributed by atoms with Gasteiger partial charge in [-0.1, -0.05) is 30.3 Å². The molecule has 2 heterocycles. The summed E-state index contributed by atoms with van der Waals surface area (Å²) >= 11 is 0. The number of benzene rings is 2. The Morgan fingerprint density at radius 1 is 0.938 bits per heavy atom. The van der Waals surface area contributed by atoms with Gasteiger partial charge in [0, 0.05) is 43.8 Å². The van der Waals surface area contributed by atoms with E-state index in [0.29, 0.717) is 6.10 Å². The fourth-order valence-corrected chi connectivity index (χ4v) is 4.48. The Bertz CT molecular complexity index is 1010. The summed E-state index contributed by atoms with van der Waals surface area (Å²) in [6.07, 6.45) is 8.40. The van der Waals surface area contributed by atoms with Gasteiger partial charge in [-0.3, -0.25) is 0 Å². The number of rotatable bonds is 7. The molecule has 166 valence electrons. The summed E-state index contributed by atoms with van der Waals surface area (Å²) in [7, 11) is 1.71. The molecule has 0 spiro atoms. The zero-order valence-corrected chi connectivity index (χ0v) is 18.6. The third-order valence-corrected chi connectivity index (χ3v) is 6.46. The van der Waals surface area contributed by atoms with Crippen molar-refractivity contribution in [3.05, 3.63) is 72.6 Å². The fraction of sp³-hybridized carbons (Fsp3) is 0.385. The molecule has 3 aromatic rings. The van der Waals surface area contributed by atoms with Gasteiger partial charge in [-0.25, -0.2) is 9.97 Å². The summed E-state index contributed by atoms with van der Waals surface area (Å²) < 4.78 is 11.8. The van der Waals surface area contributed by atoms with Crippen LogP contribution in [-0.4, -0.2) is 48.9 Å². The van der Waals surface area contributed by atoms with Gasteiger partial charge in [0.2, 0.25) is 5.95 Å². The highest BCUT2D eigenvalue weighted by molar-refractivity contribution is 5.58. The van der Waals surface area contributed by atoms with Crippen molar-refractivity contribution in [3.63, 3.8) is 0 Å². The molecule has 1 aromatic heterocycles. The van der Waals surface area contributed by atoms with E-state index in [9.17, 15) is 0 Å². The lowest BCUT2D eigenvalue weighted by atomic mass is 9.96. The average molecular weight is 431 g/mol. The monoisotopic (exact) mass is 430 g/mol. The number of nitrogens with zero attached hydrogens (tertiary/aromatic N) is 4. The Labute approximate surface area is 189 Å². The number of piperazine rings is 1. The van der Waals surface area contributed by atoms with E-state index in [4.69, 9.17) is 9.47 Å². The van der Waals surface area contributed by atoms with E-state index in [0.717, 1.165) is 56.3 Å². The summed E-state index contributed by atoms with van der Waals surface area (Å²) in [5, 5.41) is 0. The number of methoxy groups -OCH3 is 1. The van der Waals surface area contributed by atoms with E-state index in [2.05, 4.69) is 62.2 Å².